The minimum Gasteiger partial charge on any atom is -0.334 e. The SMILES string of the molecule is CCCCc1ccc(-c2nc(-c3ccc(C=O)cc3)no2)cc1. The number of nitrogens with zero attached hydrogens (tertiary/aromatic N) is 2. The molecule has 0 aliphatic rings. The molecule has 1 heterocycles. The Morgan fingerprint density at radius 1 is 1.00 bits per heavy atom. The fraction of sp³-hybridized carbons (Fsp3) is 0.211. The number of hydrogen-bond acceptors (Lipinski definition) is 4. The van der Waals surface area contributed by atoms with Crippen LogP contribution in [-0.2, 0) is 6.42 Å². The maximum absolute atomic E-state index is 10.7. The van der Waals surface area contributed by atoms with Crippen LogP contribution in [0.3, 0.4) is 0 Å². The highest BCUT2D eigenvalue weighted by atomic mass is 16.5. The van der Waals surface area contributed by atoms with E-state index in [-0.39, 0.29) is 0 Å². The van der Waals surface area contributed by atoms with Crippen LogP contribution in [0.2, 0.25) is 0 Å². The summed E-state index contributed by atoms with van der Waals surface area (Å²) in [6, 6.07) is 15.3. The Kier molecular flexibility index (Phi) is 4.62. The van der Waals surface area contributed by atoms with Gasteiger partial charge in [-0.2, -0.15) is 4.98 Å². The highest BCUT2D eigenvalue weighted by molar-refractivity contribution is 5.76. The van der Waals surface area contributed by atoms with Crippen molar-refractivity contribution in [1.82, 2.24) is 10.1 Å². The molecule has 0 saturated carbocycles. The molecule has 0 bridgehead atoms. The van der Waals surface area contributed by atoms with Gasteiger partial charge < -0.3 is 4.52 Å². The van der Waals surface area contributed by atoms with Crippen molar-refractivity contribution in [1.29, 1.82) is 0 Å². The van der Waals surface area contributed by atoms with E-state index < -0.39 is 0 Å². The molecule has 0 fully saturated rings. The van der Waals surface area contributed by atoms with Gasteiger partial charge in [-0.25, -0.2) is 0 Å². The van der Waals surface area contributed by atoms with Gasteiger partial charge in [-0.15, -0.1) is 0 Å². The number of carbonyl (C=O) groups excluding carboxylic acids is 1. The molecule has 0 unspecified atom stereocenters. The molecule has 1 aromatic heterocycles. The summed E-state index contributed by atoms with van der Waals surface area (Å²) in [5.41, 5.74) is 3.68. The molecule has 0 aliphatic carbocycles. The number of hydrogen-bond donors (Lipinski definition) is 0. The first-order valence-electron chi connectivity index (χ1n) is 7.79. The second-order valence-corrected chi connectivity index (χ2v) is 5.46. The maximum atomic E-state index is 10.7. The Balaban J connectivity index is 1.79. The molecule has 0 N–H and O–H groups in total. The van der Waals surface area contributed by atoms with Gasteiger partial charge in [0.05, 0.1) is 0 Å². The Hall–Kier alpha value is -2.75. The van der Waals surface area contributed by atoms with Crippen LogP contribution in [0, 0.1) is 0 Å². The van der Waals surface area contributed by atoms with Crippen LogP contribution in [0.1, 0.15) is 35.7 Å². The smallest absolute Gasteiger partial charge is 0.258 e. The number of rotatable bonds is 6. The normalized spacial score (nSPS) is 10.7. The van der Waals surface area contributed by atoms with E-state index in [1.54, 1.807) is 12.1 Å². The van der Waals surface area contributed by atoms with Crippen molar-refractivity contribution in [2.75, 3.05) is 0 Å². The number of aldehydes is 1. The topological polar surface area (TPSA) is 56.0 Å². The van der Waals surface area contributed by atoms with Crippen LogP contribution in [-0.4, -0.2) is 16.4 Å². The lowest BCUT2D eigenvalue weighted by molar-refractivity contribution is 0.112. The third-order valence-electron chi connectivity index (χ3n) is 3.75. The largest absolute Gasteiger partial charge is 0.334 e. The summed E-state index contributed by atoms with van der Waals surface area (Å²) in [6.45, 7) is 2.19. The average Bonchev–Trinajstić information content (AvgIpc) is 3.10. The zero-order chi connectivity index (χ0) is 16.1. The summed E-state index contributed by atoms with van der Waals surface area (Å²) in [6.07, 6.45) is 4.29. The Bertz CT molecular complexity index is 774. The van der Waals surface area contributed by atoms with Crippen molar-refractivity contribution in [2.45, 2.75) is 26.2 Å². The lowest BCUT2D eigenvalue weighted by Gasteiger charge is -2.00. The van der Waals surface area contributed by atoms with E-state index in [0.717, 1.165) is 23.8 Å². The van der Waals surface area contributed by atoms with E-state index in [2.05, 4.69) is 29.2 Å². The molecule has 0 radical (unpaired) electrons. The predicted octanol–water partition coefficient (Wildman–Crippen LogP) is 4.56. The van der Waals surface area contributed by atoms with Crippen molar-refractivity contribution >= 4 is 6.29 Å². The number of unbranched alkanes of at least 4 members (excludes halogenated alkanes) is 1. The molecule has 23 heavy (non-hydrogen) atoms. The molecule has 0 atom stereocenters. The van der Waals surface area contributed by atoms with Gasteiger partial charge in [-0.1, -0.05) is 54.9 Å². The van der Waals surface area contributed by atoms with Gasteiger partial charge in [0.2, 0.25) is 5.82 Å². The van der Waals surface area contributed by atoms with Crippen LogP contribution in [0.5, 0.6) is 0 Å². The van der Waals surface area contributed by atoms with E-state index in [0.29, 0.717) is 17.3 Å². The summed E-state index contributed by atoms with van der Waals surface area (Å²) in [4.78, 5) is 15.1. The van der Waals surface area contributed by atoms with Gasteiger partial charge in [0, 0.05) is 16.7 Å². The number of aromatic nitrogens is 2. The molecule has 0 saturated heterocycles. The first-order chi connectivity index (χ1) is 11.3. The zero-order valence-electron chi connectivity index (χ0n) is 13.0. The quantitative estimate of drug-likeness (QED) is 0.626. The molecule has 3 rings (SSSR count). The van der Waals surface area contributed by atoms with Crippen LogP contribution < -0.4 is 0 Å². The lowest BCUT2D eigenvalue weighted by atomic mass is 10.1. The van der Waals surface area contributed by atoms with Crippen LogP contribution in [0.4, 0.5) is 0 Å². The summed E-state index contributed by atoms with van der Waals surface area (Å²) in [7, 11) is 0. The summed E-state index contributed by atoms with van der Waals surface area (Å²) in [5.74, 6) is 1.02. The van der Waals surface area contributed by atoms with Gasteiger partial charge in [-0.3, -0.25) is 4.79 Å². The molecule has 0 spiro atoms. The first kappa shape index (κ1) is 15.2. The molecular formula is C19H18N2O2. The molecule has 116 valence electrons. The van der Waals surface area contributed by atoms with Crippen molar-refractivity contribution in [2.24, 2.45) is 0 Å². The monoisotopic (exact) mass is 306 g/mol. The van der Waals surface area contributed by atoms with Gasteiger partial charge in [-0.05, 0) is 30.5 Å². The van der Waals surface area contributed by atoms with Crippen molar-refractivity contribution in [3.05, 3.63) is 59.7 Å². The molecule has 0 amide bonds. The van der Waals surface area contributed by atoms with E-state index >= 15 is 0 Å². The third-order valence-corrected chi connectivity index (χ3v) is 3.75. The van der Waals surface area contributed by atoms with Crippen molar-refractivity contribution in [3.63, 3.8) is 0 Å². The number of aryl methyl sites for hydroxylation is 1. The third kappa shape index (κ3) is 3.54. The summed E-state index contributed by atoms with van der Waals surface area (Å²) >= 11 is 0. The molecule has 4 heteroatoms. The van der Waals surface area contributed by atoms with Gasteiger partial charge >= 0.3 is 0 Å². The van der Waals surface area contributed by atoms with Crippen LogP contribution >= 0.6 is 0 Å². The first-order valence-corrected chi connectivity index (χ1v) is 7.79. The van der Waals surface area contributed by atoms with Crippen LogP contribution in [0.25, 0.3) is 22.8 Å². The highest BCUT2D eigenvalue weighted by Crippen LogP contribution is 2.23. The number of benzene rings is 2. The van der Waals surface area contributed by atoms with E-state index in [4.69, 9.17) is 4.52 Å². The van der Waals surface area contributed by atoms with Crippen molar-refractivity contribution < 1.29 is 9.32 Å². The Morgan fingerprint density at radius 3 is 2.35 bits per heavy atom. The Labute approximate surface area is 135 Å². The minimum atomic E-state index is 0.501. The second kappa shape index (κ2) is 7.01. The van der Waals surface area contributed by atoms with Gasteiger partial charge in [0.1, 0.15) is 6.29 Å². The number of carbonyl (C=O) groups is 1. The molecule has 2 aromatic carbocycles. The van der Waals surface area contributed by atoms with E-state index in [9.17, 15) is 4.79 Å². The summed E-state index contributed by atoms with van der Waals surface area (Å²) in [5, 5.41) is 4.02. The molecule has 3 aromatic rings. The molecule has 4 nitrogen and oxygen atoms in total. The predicted molar refractivity (Wildman–Crippen MR) is 89.2 cm³/mol. The zero-order valence-corrected chi connectivity index (χ0v) is 13.0. The molecule has 0 aliphatic heterocycles. The maximum Gasteiger partial charge on any atom is 0.258 e. The average molecular weight is 306 g/mol. The molecular weight excluding hydrogens is 288 g/mol. The van der Waals surface area contributed by atoms with Crippen LogP contribution in [0.15, 0.2) is 53.1 Å². The lowest BCUT2D eigenvalue weighted by Crippen LogP contribution is -1.85. The van der Waals surface area contributed by atoms with Gasteiger partial charge in [0.25, 0.3) is 5.89 Å². The van der Waals surface area contributed by atoms with E-state index in [1.807, 2.05) is 24.3 Å². The standard InChI is InChI=1S/C19H18N2O2/c1-2-3-4-14-5-11-17(12-6-14)19-20-18(21-23-19)16-9-7-15(13-22)8-10-16/h5-13H,2-4H2,1H3. The fourth-order valence-electron chi connectivity index (χ4n) is 2.36. The Morgan fingerprint density at radius 2 is 1.70 bits per heavy atom. The van der Waals surface area contributed by atoms with Crippen molar-refractivity contribution in [3.8, 4) is 22.8 Å². The fourth-order valence-corrected chi connectivity index (χ4v) is 2.36. The summed E-state index contributed by atoms with van der Waals surface area (Å²) < 4.78 is 5.35. The van der Waals surface area contributed by atoms with Gasteiger partial charge in [0.15, 0.2) is 0 Å². The highest BCUT2D eigenvalue weighted by Gasteiger charge is 2.10. The van der Waals surface area contributed by atoms with E-state index in [1.165, 1.54) is 18.4 Å². The minimum absolute atomic E-state index is 0.501. The second-order valence-electron chi connectivity index (χ2n) is 5.46.